The lowest BCUT2D eigenvalue weighted by Crippen LogP contribution is -2.31. The van der Waals surface area contributed by atoms with E-state index in [1.54, 1.807) is 0 Å². The Morgan fingerprint density at radius 2 is 1.72 bits per heavy atom. The van der Waals surface area contributed by atoms with Gasteiger partial charge in [0.05, 0.1) is 0 Å². The highest BCUT2D eigenvalue weighted by Crippen LogP contribution is 2.13. The van der Waals surface area contributed by atoms with Crippen molar-refractivity contribution in [3.63, 3.8) is 0 Å². The van der Waals surface area contributed by atoms with E-state index in [0.717, 1.165) is 0 Å². The summed E-state index contributed by atoms with van der Waals surface area (Å²) in [5.41, 5.74) is 0. The Kier molecular flexibility index (Phi) is 5.50. The van der Waals surface area contributed by atoms with Crippen LogP contribution in [0.25, 0.3) is 0 Å². The molecular formula is C10H12N2O5S. The van der Waals surface area contributed by atoms with Crippen LogP contribution in [0.15, 0.2) is 4.36 Å². The molecule has 0 bridgehead atoms. The maximum absolute atomic E-state index is 11.3. The van der Waals surface area contributed by atoms with Crippen LogP contribution in [-0.4, -0.2) is 28.8 Å². The molecule has 8 heteroatoms. The normalized spacial score (nSPS) is 14.8. The standard InChI is InChI=1S/C10H12N2O5S/c13-7(11-18)3-1-2-4-10(16)17-12-8(14)5-6-9(12)15/h1-6H2. The number of amides is 3. The van der Waals surface area contributed by atoms with Gasteiger partial charge in [-0.3, -0.25) is 14.4 Å². The molecule has 0 aliphatic carbocycles. The van der Waals surface area contributed by atoms with Gasteiger partial charge in [-0.1, -0.05) is 0 Å². The SMILES string of the molecule is O=C(CCCCC(=O)ON1C(=O)CCC1=O)N=S. The van der Waals surface area contributed by atoms with Crippen LogP contribution in [0.2, 0.25) is 0 Å². The lowest BCUT2D eigenvalue weighted by molar-refractivity contribution is -0.197. The molecule has 1 heterocycles. The van der Waals surface area contributed by atoms with Gasteiger partial charge in [-0.05, 0) is 12.8 Å². The first-order valence-corrected chi connectivity index (χ1v) is 5.84. The summed E-state index contributed by atoms with van der Waals surface area (Å²) in [4.78, 5) is 49.0. The van der Waals surface area contributed by atoms with Crippen molar-refractivity contribution >= 4 is 36.1 Å². The van der Waals surface area contributed by atoms with Gasteiger partial charge in [0.1, 0.15) is 0 Å². The van der Waals surface area contributed by atoms with E-state index in [1.807, 2.05) is 0 Å². The lowest BCUT2D eigenvalue weighted by Gasteiger charge is -2.12. The molecule has 0 spiro atoms. The molecule has 1 aliphatic heterocycles. The summed E-state index contributed by atoms with van der Waals surface area (Å²) in [5.74, 6) is -2.08. The van der Waals surface area contributed by atoms with Gasteiger partial charge in [0.15, 0.2) is 0 Å². The molecule has 1 aliphatic rings. The maximum atomic E-state index is 11.3. The monoisotopic (exact) mass is 272 g/mol. The van der Waals surface area contributed by atoms with Gasteiger partial charge in [-0.2, -0.15) is 0 Å². The van der Waals surface area contributed by atoms with E-state index >= 15 is 0 Å². The zero-order valence-electron chi connectivity index (χ0n) is 9.59. The number of nitrogens with zero attached hydrogens (tertiary/aromatic N) is 2. The van der Waals surface area contributed by atoms with Crippen molar-refractivity contribution in [1.82, 2.24) is 5.06 Å². The first-order valence-electron chi connectivity index (χ1n) is 5.47. The molecule has 0 aromatic heterocycles. The number of carbonyl (C=O) groups excluding carboxylic acids is 4. The second kappa shape index (κ2) is 6.90. The second-order valence-corrected chi connectivity index (χ2v) is 3.92. The van der Waals surface area contributed by atoms with E-state index in [4.69, 9.17) is 0 Å². The largest absolute Gasteiger partial charge is 0.333 e. The van der Waals surface area contributed by atoms with Gasteiger partial charge in [-0.25, -0.2) is 4.79 Å². The summed E-state index contributed by atoms with van der Waals surface area (Å²) >= 11 is 4.20. The van der Waals surface area contributed by atoms with Crippen LogP contribution >= 0.6 is 0 Å². The zero-order chi connectivity index (χ0) is 13.5. The minimum Gasteiger partial charge on any atom is -0.330 e. The van der Waals surface area contributed by atoms with Crippen molar-refractivity contribution in [1.29, 1.82) is 0 Å². The van der Waals surface area contributed by atoms with Crippen molar-refractivity contribution in [2.45, 2.75) is 38.5 Å². The average molecular weight is 272 g/mol. The van der Waals surface area contributed by atoms with Gasteiger partial charge < -0.3 is 4.84 Å². The third kappa shape index (κ3) is 4.28. The Hall–Kier alpha value is -1.70. The summed E-state index contributed by atoms with van der Waals surface area (Å²) < 4.78 is 3.04. The molecule has 1 saturated heterocycles. The number of rotatable bonds is 6. The van der Waals surface area contributed by atoms with Gasteiger partial charge in [0.2, 0.25) is 0 Å². The number of hydrogen-bond acceptors (Lipinski definition) is 6. The summed E-state index contributed by atoms with van der Waals surface area (Å²) in [5, 5.41) is 0.506. The number of hydrogen-bond donors (Lipinski definition) is 0. The van der Waals surface area contributed by atoms with Crippen LogP contribution in [0.3, 0.4) is 0 Å². The number of hydroxylamine groups is 2. The molecule has 0 aromatic rings. The Morgan fingerprint density at radius 1 is 1.17 bits per heavy atom. The minimum absolute atomic E-state index is 0.0295. The molecule has 0 saturated carbocycles. The molecule has 1 rings (SSSR count). The van der Waals surface area contributed by atoms with Crippen LogP contribution < -0.4 is 0 Å². The molecule has 3 amide bonds. The van der Waals surface area contributed by atoms with E-state index in [9.17, 15) is 19.2 Å². The van der Waals surface area contributed by atoms with E-state index in [0.29, 0.717) is 17.9 Å². The fourth-order valence-corrected chi connectivity index (χ4v) is 1.49. The van der Waals surface area contributed by atoms with Crippen molar-refractivity contribution < 1.29 is 24.0 Å². The smallest absolute Gasteiger partial charge is 0.330 e. The molecule has 18 heavy (non-hydrogen) atoms. The summed E-state index contributed by atoms with van der Waals surface area (Å²) in [7, 11) is 0. The number of imide groups is 1. The molecule has 7 nitrogen and oxygen atoms in total. The Morgan fingerprint density at radius 3 is 2.28 bits per heavy atom. The molecular weight excluding hydrogens is 260 g/mol. The lowest BCUT2D eigenvalue weighted by atomic mass is 10.2. The quantitative estimate of drug-likeness (QED) is 0.513. The van der Waals surface area contributed by atoms with E-state index in [2.05, 4.69) is 21.6 Å². The Bertz CT molecular complexity index is 380. The zero-order valence-corrected chi connectivity index (χ0v) is 10.4. The fraction of sp³-hybridized carbons (Fsp3) is 0.600. The summed E-state index contributed by atoms with van der Waals surface area (Å²) in [6, 6.07) is 0. The van der Waals surface area contributed by atoms with Crippen LogP contribution in [0, 0.1) is 0 Å². The van der Waals surface area contributed by atoms with Gasteiger partial charge in [0, 0.05) is 38.1 Å². The van der Waals surface area contributed by atoms with Crippen molar-refractivity contribution in [3.05, 3.63) is 0 Å². The predicted octanol–water partition coefficient (Wildman–Crippen LogP) is 0.411. The van der Waals surface area contributed by atoms with E-state index in [-0.39, 0.29) is 25.7 Å². The average Bonchev–Trinajstić information content (AvgIpc) is 2.66. The summed E-state index contributed by atoms with van der Waals surface area (Å²) in [6.45, 7) is 0. The van der Waals surface area contributed by atoms with Crippen LogP contribution in [0.5, 0.6) is 0 Å². The first kappa shape index (κ1) is 14.4. The number of carbonyl (C=O) groups is 4. The Balaban J connectivity index is 2.21. The Labute approximate surface area is 109 Å². The topological polar surface area (TPSA) is 93.1 Å². The van der Waals surface area contributed by atoms with Crippen LogP contribution in [-0.2, 0) is 36.4 Å². The highest BCUT2D eigenvalue weighted by Gasteiger charge is 2.32. The van der Waals surface area contributed by atoms with Crippen molar-refractivity contribution in [3.8, 4) is 0 Å². The molecule has 0 radical (unpaired) electrons. The van der Waals surface area contributed by atoms with Crippen molar-refractivity contribution in [2.24, 2.45) is 4.36 Å². The molecule has 0 atom stereocenters. The van der Waals surface area contributed by atoms with E-state index in [1.165, 1.54) is 0 Å². The highest BCUT2D eigenvalue weighted by molar-refractivity contribution is 7.47. The van der Waals surface area contributed by atoms with E-state index < -0.39 is 23.7 Å². The molecule has 98 valence electrons. The van der Waals surface area contributed by atoms with Crippen LogP contribution in [0.1, 0.15) is 38.5 Å². The number of unbranched alkanes of at least 4 members (excludes halogenated alkanes) is 1. The first-order chi connectivity index (χ1) is 8.54. The summed E-state index contributed by atoms with van der Waals surface area (Å²) in [6.07, 6.45) is 1.21. The van der Waals surface area contributed by atoms with Gasteiger partial charge >= 0.3 is 5.97 Å². The third-order valence-electron chi connectivity index (χ3n) is 2.32. The van der Waals surface area contributed by atoms with Crippen LogP contribution in [0.4, 0.5) is 0 Å². The molecule has 1 fully saturated rings. The predicted molar refractivity (Wildman–Crippen MR) is 60.4 cm³/mol. The minimum atomic E-state index is -0.665. The molecule has 0 aromatic carbocycles. The maximum Gasteiger partial charge on any atom is 0.333 e. The molecule has 0 N–H and O–H groups in total. The molecule has 0 unspecified atom stereocenters. The van der Waals surface area contributed by atoms with Crippen molar-refractivity contribution in [2.75, 3.05) is 0 Å². The van der Waals surface area contributed by atoms with Gasteiger partial charge in [0.25, 0.3) is 17.7 Å². The fourth-order valence-electron chi connectivity index (χ4n) is 1.40. The van der Waals surface area contributed by atoms with Gasteiger partial charge in [-0.15, -0.1) is 9.43 Å². The highest BCUT2D eigenvalue weighted by atomic mass is 32.1. The third-order valence-corrected chi connectivity index (χ3v) is 2.53. The second-order valence-electron chi connectivity index (χ2n) is 3.74.